The number of thiophene rings is 1. The summed E-state index contributed by atoms with van der Waals surface area (Å²) in [7, 11) is 0. The Morgan fingerprint density at radius 1 is 1.29 bits per heavy atom. The maximum atomic E-state index is 12.1. The molecular formula is C15H18ClNO3S. The van der Waals surface area contributed by atoms with Crippen LogP contribution in [-0.4, -0.2) is 45.4 Å². The van der Waals surface area contributed by atoms with Crippen molar-refractivity contribution in [2.24, 2.45) is 0 Å². The van der Waals surface area contributed by atoms with Crippen molar-refractivity contribution >= 4 is 27.4 Å². The Bertz CT molecular complexity index is 595. The van der Waals surface area contributed by atoms with E-state index >= 15 is 0 Å². The number of fused-ring (bicyclic) bond motifs is 1. The van der Waals surface area contributed by atoms with E-state index < -0.39 is 0 Å². The maximum absolute atomic E-state index is 12.1. The van der Waals surface area contributed by atoms with Gasteiger partial charge in [0.1, 0.15) is 26.2 Å². The highest BCUT2D eigenvalue weighted by molar-refractivity contribution is 7.17. The molecule has 1 aliphatic rings. The predicted molar refractivity (Wildman–Crippen MR) is 78.5 cm³/mol. The lowest BCUT2D eigenvalue weighted by molar-refractivity contribution is -0.908. The smallest absolute Gasteiger partial charge is 0.339 e. The van der Waals surface area contributed by atoms with Crippen LogP contribution in [0.3, 0.4) is 0 Å². The first-order valence-electron chi connectivity index (χ1n) is 6.89. The zero-order chi connectivity index (χ0) is 13.8. The summed E-state index contributed by atoms with van der Waals surface area (Å²) in [5.41, 5.74) is 0.683. The monoisotopic (exact) mass is 327 g/mol. The minimum absolute atomic E-state index is 0. The van der Waals surface area contributed by atoms with Crippen molar-refractivity contribution in [2.75, 3.05) is 39.5 Å². The first-order chi connectivity index (χ1) is 9.84. The van der Waals surface area contributed by atoms with Gasteiger partial charge >= 0.3 is 5.97 Å². The summed E-state index contributed by atoms with van der Waals surface area (Å²) in [6.07, 6.45) is 0. The summed E-state index contributed by atoms with van der Waals surface area (Å²) in [4.78, 5) is 13.6. The van der Waals surface area contributed by atoms with Crippen LogP contribution in [0.4, 0.5) is 0 Å². The van der Waals surface area contributed by atoms with Gasteiger partial charge in [-0.2, -0.15) is 0 Å². The topological polar surface area (TPSA) is 40.0 Å². The second-order valence-electron chi connectivity index (χ2n) is 4.89. The third kappa shape index (κ3) is 3.95. The quantitative estimate of drug-likeness (QED) is 0.659. The molecule has 2 aromatic rings. The normalized spacial score (nSPS) is 15.6. The number of carbonyl (C=O) groups is 1. The van der Waals surface area contributed by atoms with Crippen molar-refractivity contribution in [1.29, 1.82) is 0 Å². The number of esters is 1. The molecule has 0 bridgehead atoms. The van der Waals surface area contributed by atoms with E-state index in [1.54, 1.807) is 11.3 Å². The van der Waals surface area contributed by atoms with Gasteiger partial charge in [-0.25, -0.2) is 4.79 Å². The SMILES string of the molecule is O=C(OCC[NH+]1CCOCC1)c1csc2ccccc12.[Cl-]. The second kappa shape index (κ2) is 7.75. The summed E-state index contributed by atoms with van der Waals surface area (Å²) in [5, 5.41) is 2.87. The zero-order valence-electron chi connectivity index (χ0n) is 11.6. The molecule has 4 nitrogen and oxygen atoms in total. The highest BCUT2D eigenvalue weighted by Gasteiger charge is 2.16. The fraction of sp³-hybridized carbons (Fsp3) is 0.400. The molecule has 0 radical (unpaired) electrons. The number of carbonyl (C=O) groups excluding carboxylic acids is 1. The Labute approximate surface area is 134 Å². The molecule has 2 heterocycles. The molecule has 1 aromatic carbocycles. The number of hydrogen-bond acceptors (Lipinski definition) is 4. The molecule has 6 heteroatoms. The third-order valence-electron chi connectivity index (χ3n) is 3.59. The second-order valence-corrected chi connectivity index (χ2v) is 5.81. The molecule has 1 N–H and O–H groups in total. The highest BCUT2D eigenvalue weighted by Crippen LogP contribution is 2.25. The van der Waals surface area contributed by atoms with E-state index in [1.807, 2.05) is 29.6 Å². The minimum atomic E-state index is -0.213. The number of rotatable bonds is 4. The number of ether oxygens (including phenoxy) is 2. The Morgan fingerprint density at radius 2 is 2.05 bits per heavy atom. The van der Waals surface area contributed by atoms with E-state index in [9.17, 15) is 4.79 Å². The number of nitrogens with one attached hydrogen (secondary N) is 1. The van der Waals surface area contributed by atoms with Crippen molar-refractivity contribution in [1.82, 2.24) is 0 Å². The van der Waals surface area contributed by atoms with Crippen LogP contribution in [0, 0.1) is 0 Å². The predicted octanol–water partition coefficient (Wildman–Crippen LogP) is -2.02. The summed E-state index contributed by atoms with van der Waals surface area (Å²) in [5.74, 6) is -0.213. The molecule has 0 unspecified atom stereocenters. The van der Waals surface area contributed by atoms with Gasteiger partial charge in [-0.05, 0) is 6.07 Å². The average molecular weight is 328 g/mol. The zero-order valence-corrected chi connectivity index (χ0v) is 13.2. The van der Waals surface area contributed by atoms with E-state index in [4.69, 9.17) is 9.47 Å². The first-order valence-corrected chi connectivity index (χ1v) is 7.77. The fourth-order valence-electron chi connectivity index (χ4n) is 2.41. The van der Waals surface area contributed by atoms with E-state index in [-0.39, 0.29) is 18.4 Å². The van der Waals surface area contributed by atoms with Crippen molar-refractivity contribution < 1.29 is 31.6 Å². The summed E-state index contributed by atoms with van der Waals surface area (Å²) in [6.45, 7) is 4.93. The van der Waals surface area contributed by atoms with E-state index in [1.165, 1.54) is 4.90 Å². The number of halogens is 1. The van der Waals surface area contributed by atoms with Crippen molar-refractivity contribution in [3.8, 4) is 0 Å². The van der Waals surface area contributed by atoms with E-state index in [0.29, 0.717) is 12.2 Å². The van der Waals surface area contributed by atoms with Crippen LogP contribution in [0.5, 0.6) is 0 Å². The Morgan fingerprint density at radius 3 is 2.86 bits per heavy atom. The molecule has 3 rings (SSSR count). The van der Waals surface area contributed by atoms with Crippen LogP contribution in [0.15, 0.2) is 29.6 Å². The third-order valence-corrected chi connectivity index (χ3v) is 4.55. The lowest BCUT2D eigenvalue weighted by Crippen LogP contribution is -3.14. The molecule has 0 atom stereocenters. The van der Waals surface area contributed by atoms with Gasteiger partial charge < -0.3 is 26.8 Å². The molecule has 0 aliphatic carbocycles. The number of benzene rings is 1. The molecule has 21 heavy (non-hydrogen) atoms. The van der Waals surface area contributed by atoms with E-state index in [0.717, 1.165) is 42.9 Å². The molecule has 0 spiro atoms. The summed E-state index contributed by atoms with van der Waals surface area (Å²) in [6, 6.07) is 7.92. The van der Waals surface area contributed by atoms with Gasteiger partial charge in [0.25, 0.3) is 0 Å². The fourth-order valence-corrected chi connectivity index (χ4v) is 3.34. The lowest BCUT2D eigenvalue weighted by Gasteiger charge is -2.23. The summed E-state index contributed by atoms with van der Waals surface area (Å²) < 4.78 is 11.8. The van der Waals surface area contributed by atoms with Crippen molar-refractivity contribution in [2.45, 2.75) is 0 Å². The molecule has 1 aliphatic heterocycles. The molecule has 1 aromatic heterocycles. The standard InChI is InChI=1S/C15H17NO3S.ClH/c17-15(19-10-7-16-5-8-18-9-6-16)13-11-20-14-4-2-1-3-12(13)14;/h1-4,11H,5-10H2;1H. The van der Waals surface area contributed by atoms with Gasteiger partial charge in [0.05, 0.1) is 18.8 Å². The first kappa shape index (κ1) is 16.2. The van der Waals surface area contributed by atoms with Gasteiger partial charge in [-0.15, -0.1) is 11.3 Å². The number of morpholine rings is 1. The van der Waals surface area contributed by atoms with Crippen molar-refractivity contribution in [3.05, 3.63) is 35.2 Å². The van der Waals surface area contributed by atoms with Gasteiger partial charge in [-0.1, -0.05) is 18.2 Å². The maximum Gasteiger partial charge on any atom is 0.339 e. The molecular weight excluding hydrogens is 310 g/mol. The van der Waals surface area contributed by atoms with Crippen LogP contribution in [0.1, 0.15) is 10.4 Å². The van der Waals surface area contributed by atoms with Crippen LogP contribution in [0.25, 0.3) is 10.1 Å². The highest BCUT2D eigenvalue weighted by atomic mass is 35.5. The molecule has 0 amide bonds. The molecule has 1 saturated heterocycles. The van der Waals surface area contributed by atoms with Crippen LogP contribution in [-0.2, 0) is 9.47 Å². The minimum Gasteiger partial charge on any atom is -1.00 e. The van der Waals surface area contributed by atoms with E-state index in [2.05, 4.69) is 0 Å². The van der Waals surface area contributed by atoms with Gasteiger partial charge in [0, 0.05) is 15.5 Å². The van der Waals surface area contributed by atoms with Crippen LogP contribution in [0.2, 0.25) is 0 Å². The van der Waals surface area contributed by atoms with Crippen LogP contribution < -0.4 is 17.3 Å². The van der Waals surface area contributed by atoms with Gasteiger partial charge in [0.15, 0.2) is 0 Å². The Hall–Kier alpha value is -1.14. The van der Waals surface area contributed by atoms with Gasteiger partial charge in [-0.3, -0.25) is 0 Å². The molecule has 1 fully saturated rings. The number of quaternary nitrogens is 1. The van der Waals surface area contributed by atoms with Crippen LogP contribution >= 0.6 is 11.3 Å². The van der Waals surface area contributed by atoms with Gasteiger partial charge in [0.2, 0.25) is 0 Å². The Kier molecular flexibility index (Phi) is 5.99. The lowest BCUT2D eigenvalue weighted by atomic mass is 10.2. The average Bonchev–Trinajstić information content (AvgIpc) is 2.92. The number of hydrogen-bond donors (Lipinski definition) is 1. The van der Waals surface area contributed by atoms with Crippen molar-refractivity contribution in [3.63, 3.8) is 0 Å². The molecule has 114 valence electrons. The summed E-state index contributed by atoms with van der Waals surface area (Å²) >= 11 is 1.58. The largest absolute Gasteiger partial charge is 1.00 e. The molecule has 0 saturated carbocycles. The Balaban J connectivity index is 0.00000161.